The first-order valence-corrected chi connectivity index (χ1v) is 11.7. The number of carbonyl (C=O) groups is 4. The minimum absolute atomic E-state index is 0.0397. The highest BCUT2D eigenvalue weighted by molar-refractivity contribution is 5.97. The Labute approximate surface area is 195 Å². The van der Waals surface area contributed by atoms with Gasteiger partial charge in [0.1, 0.15) is 18.0 Å². The number of ketones is 1. The molecule has 8 heteroatoms. The lowest BCUT2D eigenvalue weighted by atomic mass is 9.86. The molecule has 1 saturated heterocycles. The fraction of sp³-hybridized carbons (Fsp3) is 0.680. The third-order valence-corrected chi connectivity index (χ3v) is 6.45. The van der Waals surface area contributed by atoms with Gasteiger partial charge in [-0.15, -0.1) is 0 Å². The molecular weight excluding hydrogens is 426 g/mol. The van der Waals surface area contributed by atoms with Gasteiger partial charge in [0.05, 0.1) is 12.0 Å². The average Bonchev–Trinajstić information content (AvgIpc) is 2.75. The molecule has 0 aromatic carbocycles. The standard InChI is InChI=1S/C25H37NO7/c1-15-12-16(2)25(33-23(30)11-6-5-10-20(32-4)24(15)31)17(3)19(27)9-7-8-18-13-21(28)26-22(29)14-18/h5,10,12,15,17-18,20,24-25,31H,6-9,11,13-14H2,1-4H3,(H,26,28,29)/b10-5+,16-12-/t15-,17-,20+,24+,25?/m1/s1. The highest BCUT2D eigenvalue weighted by atomic mass is 16.5. The van der Waals surface area contributed by atoms with Crippen LogP contribution in [0.1, 0.15) is 65.7 Å². The maximum atomic E-state index is 12.9. The van der Waals surface area contributed by atoms with Gasteiger partial charge >= 0.3 is 5.97 Å². The van der Waals surface area contributed by atoms with Crippen molar-refractivity contribution in [1.82, 2.24) is 5.32 Å². The summed E-state index contributed by atoms with van der Waals surface area (Å²) in [5.41, 5.74) is 0.713. The van der Waals surface area contributed by atoms with E-state index in [9.17, 15) is 24.3 Å². The molecule has 0 spiro atoms. The molecule has 0 aliphatic carbocycles. The van der Waals surface area contributed by atoms with Crippen molar-refractivity contribution in [2.45, 2.75) is 84.0 Å². The molecule has 8 nitrogen and oxygen atoms in total. The number of amides is 2. The molecule has 1 unspecified atom stereocenters. The maximum absolute atomic E-state index is 12.9. The molecule has 2 N–H and O–H groups in total. The number of Topliss-reactive ketones (excluding diaryl/α,β-unsaturated/α-hetero) is 1. The smallest absolute Gasteiger partial charge is 0.306 e. The van der Waals surface area contributed by atoms with Crippen LogP contribution >= 0.6 is 0 Å². The Balaban J connectivity index is 2.06. The van der Waals surface area contributed by atoms with Crippen molar-refractivity contribution in [2.24, 2.45) is 17.8 Å². The molecule has 184 valence electrons. The van der Waals surface area contributed by atoms with Crippen LogP contribution in [0.3, 0.4) is 0 Å². The van der Waals surface area contributed by atoms with Crippen LogP contribution in [0.15, 0.2) is 23.8 Å². The van der Waals surface area contributed by atoms with E-state index in [0.29, 0.717) is 37.7 Å². The zero-order valence-corrected chi connectivity index (χ0v) is 20.0. The molecule has 2 amide bonds. The summed E-state index contributed by atoms with van der Waals surface area (Å²) < 4.78 is 11.1. The number of rotatable bonds is 7. The third-order valence-electron chi connectivity index (χ3n) is 6.45. The number of piperidine rings is 1. The van der Waals surface area contributed by atoms with E-state index in [1.807, 2.05) is 13.0 Å². The van der Waals surface area contributed by atoms with Crippen molar-refractivity contribution >= 4 is 23.6 Å². The van der Waals surface area contributed by atoms with Crippen LogP contribution in [0.5, 0.6) is 0 Å². The molecule has 2 aliphatic heterocycles. The minimum atomic E-state index is -0.779. The second kappa shape index (κ2) is 12.8. The summed E-state index contributed by atoms with van der Waals surface area (Å²) in [6, 6.07) is 0. The van der Waals surface area contributed by atoms with Gasteiger partial charge in [0.2, 0.25) is 11.8 Å². The lowest BCUT2D eigenvalue weighted by Crippen LogP contribution is -2.38. The summed E-state index contributed by atoms with van der Waals surface area (Å²) in [5.74, 6) is -1.83. The van der Waals surface area contributed by atoms with E-state index in [4.69, 9.17) is 9.47 Å². The van der Waals surface area contributed by atoms with E-state index in [2.05, 4.69) is 5.32 Å². The van der Waals surface area contributed by atoms with Gasteiger partial charge in [-0.2, -0.15) is 0 Å². The number of carbonyl (C=O) groups excluding carboxylic acids is 4. The zero-order chi connectivity index (χ0) is 24.5. The zero-order valence-electron chi connectivity index (χ0n) is 20.0. The molecule has 0 radical (unpaired) electrons. The van der Waals surface area contributed by atoms with Gasteiger partial charge in [-0.25, -0.2) is 0 Å². The molecule has 0 aromatic rings. The summed E-state index contributed by atoms with van der Waals surface area (Å²) >= 11 is 0. The van der Waals surface area contributed by atoms with Crippen LogP contribution in [0.2, 0.25) is 0 Å². The minimum Gasteiger partial charge on any atom is -0.457 e. The lowest BCUT2D eigenvalue weighted by Gasteiger charge is -2.28. The SMILES string of the molecule is CO[C@H]1/C=C/CCC(=O)OC([C@H](C)C(=O)CCCC2CC(=O)NC(=O)C2)/C(C)=C\[C@@H](C)[C@@H]1O. The first-order valence-electron chi connectivity index (χ1n) is 11.7. The van der Waals surface area contributed by atoms with Gasteiger partial charge in [-0.1, -0.05) is 32.1 Å². The van der Waals surface area contributed by atoms with Crippen LogP contribution in [0.4, 0.5) is 0 Å². The Kier molecular flexibility index (Phi) is 10.4. The number of aliphatic hydroxyl groups is 1. The van der Waals surface area contributed by atoms with Crippen molar-refractivity contribution in [2.75, 3.05) is 7.11 Å². The predicted molar refractivity (Wildman–Crippen MR) is 122 cm³/mol. The monoisotopic (exact) mass is 463 g/mol. The third kappa shape index (κ3) is 8.19. The number of imide groups is 1. The fourth-order valence-corrected chi connectivity index (χ4v) is 4.48. The number of hydrogen-bond donors (Lipinski definition) is 2. The van der Waals surface area contributed by atoms with Crippen LogP contribution in [-0.4, -0.2) is 54.1 Å². The molecular formula is C25H37NO7. The molecule has 0 bridgehead atoms. The van der Waals surface area contributed by atoms with Crippen LogP contribution in [0.25, 0.3) is 0 Å². The first-order chi connectivity index (χ1) is 15.6. The van der Waals surface area contributed by atoms with E-state index in [-0.39, 0.29) is 48.2 Å². The highest BCUT2D eigenvalue weighted by Crippen LogP contribution is 2.26. The Morgan fingerprint density at radius 1 is 1.27 bits per heavy atom. The number of allylic oxidation sites excluding steroid dienone is 1. The summed E-state index contributed by atoms with van der Waals surface area (Å²) in [5, 5.41) is 12.9. The van der Waals surface area contributed by atoms with Crippen LogP contribution < -0.4 is 5.32 Å². The number of methoxy groups -OCH3 is 1. The van der Waals surface area contributed by atoms with E-state index < -0.39 is 24.2 Å². The van der Waals surface area contributed by atoms with Gasteiger partial charge in [0, 0.05) is 38.7 Å². The molecule has 0 saturated carbocycles. The molecule has 2 heterocycles. The lowest BCUT2D eigenvalue weighted by molar-refractivity contribution is -0.151. The molecule has 1 fully saturated rings. The number of hydrogen-bond acceptors (Lipinski definition) is 7. The van der Waals surface area contributed by atoms with Gasteiger partial charge in [0.25, 0.3) is 0 Å². The largest absolute Gasteiger partial charge is 0.457 e. The van der Waals surface area contributed by atoms with E-state index >= 15 is 0 Å². The van der Waals surface area contributed by atoms with Gasteiger partial charge in [-0.3, -0.25) is 24.5 Å². The van der Waals surface area contributed by atoms with Crippen LogP contribution in [-0.2, 0) is 28.7 Å². The fourth-order valence-electron chi connectivity index (χ4n) is 4.48. The molecule has 0 aromatic heterocycles. The second-order valence-corrected chi connectivity index (χ2v) is 9.23. The van der Waals surface area contributed by atoms with E-state index in [0.717, 1.165) is 0 Å². The molecule has 33 heavy (non-hydrogen) atoms. The first kappa shape index (κ1) is 26.9. The predicted octanol–water partition coefficient (Wildman–Crippen LogP) is 2.63. The van der Waals surface area contributed by atoms with Crippen LogP contribution in [0, 0.1) is 17.8 Å². The molecule has 2 rings (SSSR count). The topological polar surface area (TPSA) is 119 Å². The summed E-state index contributed by atoms with van der Waals surface area (Å²) in [6.07, 6.45) is 6.07. The summed E-state index contributed by atoms with van der Waals surface area (Å²) in [7, 11) is 1.53. The Morgan fingerprint density at radius 2 is 1.94 bits per heavy atom. The number of esters is 1. The second-order valence-electron chi connectivity index (χ2n) is 9.23. The van der Waals surface area contributed by atoms with Crippen molar-refractivity contribution in [1.29, 1.82) is 0 Å². The van der Waals surface area contributed by atoms with E-state index in [1.165, 1.54) is 7.11 Å². The maximum Gasteiger partial charge on any atom is 0.306 e. The van der Waals surface area contributed by atoms with Crippen molar-refractivity contribution in [3.05, 3.63) is 23.8 Å². The van der Waals surface area contributed by atoms with Crippen molar-refractivity contribution < 1.29 is 33.8 Å². The van der Waals surface area contributed by atoms with Gasteiger partial charge < -0.3 is 14.6 Å². The Morgan fingerprint density at radius 3 is 2.58 bits per heavy atom. The quantitative estimate of drug-likeness (QED) is 0.338. The molecule has 5 atom stereocenters. The number of aliphatic hydroxyl groups excluding tert-OH is 1. The Bertz CT molecular complexity index is 772. The van der Waals surface area contributed by atoms with Crippen molar-refractivity contribution in [3.63, 3.8) is 0 Å². The number of cyclic esters (lactones) is 1. The average molecular weight is 464 g/mol. The number of ether oxygens (including phenoxy) is 2. The normalized spacial score (nSPS) is 31.3. The number of nitrogens with one attached hydrogen (secondary N) is 1. The summed E-state index contributed by atoms with van der Waals surface area (Å²) in [4.78, 5) is 48.4. The van der Waals surface area contributed by atoms with Crippen molar-refractivity contribution in [3.8, 4) is 0 Å². The summed E-state index contributed by atoms with van der Waals surface area (Å²) in [6.45, 7) is 5.41. The highest BCUT2D eigenvalue weighted by Gasteiger charge is 2.31. The van der Waals surface area contributed by atoms with Gasteiger partial charge in [-0.05, 0) is 37.7 Å². The molecule has 2 aliphatic rings. The van der Waals surface area contributed by atoms with E-state index in [1.54, 1.807) is 26.0 Å². The van der Waals surface area contributed by atoms with Gasteiger partial charge in [0.15, 0.2) is 0 Å². The Hall–Kier alpha value is -2.32.